The monoisotopic (exact) mass is 334 g/mol. The van der Waals surface area contributed by atoms with Crippen molar-refractivity contribution in [2.45, 2.75) is 20.3 Å². The summed E-state index contributed by atoms with van der Waals surface area (Å²) in [5, 5.41) is 0. The molecule has 8 heteroatoms. The highest BCUT2D eigenvalue weighted by Gasteiger charge is 2.37. The van der Waals surface area contributed by atoms with Crippen LogP contribution in [-0.4, -0.2) is 25.7 Å². The summed E-state index contributed by atoms with van der Waals surface area (Å²) in [6, 6.07) is 7.37. The summed E-state index contributed by atoms with van der Waals surface area (Å²) < 4.78 is 39.4. The van der Waals surface area contributed by atoms with Gasteiger partial charge in [0.15, 0.2) is 0 Å². The van der Waals surface area contributed by atoms with Gasteiger partial charge in [-0.1, -0.05) is 12.1 Å². The maximum absolute atomic E-state index is 12.2. The van der Waals surface area contributed by atoms with E-state index in [0.29, 0.717) is 12.1 Å². The first-order valence-electron chi connectivity index (χ1n) is 6.79. The van der Waals surface area contributed by atoms with Crippen LogP contribution in [0.1, 0.15) is 19.4 Å². The van der Waals surface area contributed by atoms with Gasteiger partial charge >= 0.3 is 15.6 Å². The lowest BCUT2D eigenvalue weighted by atomic mass is 10.1. The van der Waals surface area contributed by atoms with Crippen molar-refractivity contribution in [3.63, 3.8) is 0 Å². The minimum Gasteiger partial charge on any atom is -0.399 e. The lowest BCUT2D eigenvalue weighted by molar-refractivity contribution is 0.222. The number of anilines is 1. The van der Waals surface area contributed by atoms with E-state index in [1.165, 1.54) is 0 Å². The van der Waals surface area contributed by atoms with Crippen LogP contribution in [0.4, 0.5) is 5.69 Å². The molecule has 0 amide bonds. The maximum atomic E-state index is 12.2. The fourth-order valence-electron chi connectivity index (χ4n) is 1.64. The van der Waals surface area contributed by atoms with Crippen molar-refractivity contribution >= 4 is 21.3 Å². The Hall–Kier alpha value is -0.770. The van der Waals surface area contributed by atoms with Crippen molar-refractivity contribution in [3.8, 4) is 0 Å². The highest BCUT2D eigenvalue weighted by molar-refractivity contribution is 7.65. The molecule has 2 N–H and O–H groups in total. The number of rotatable bonds is 10. The van der Waals surface area contributed by atoms with E-state index in [2.05, 4.69) is 0 Å². The molecule has 0 aromatic heterocycles. The van der Waals surface area contributed by atoms with Crippen LogP contribution >= 0.6 is 15.6 Å². The summed E-state index contributed by atoms with van der Waals surface area (Å²) in [7, 11) is -5.40. The molecule has 1 rings (SSSR count). The Morgan fingerprint density at radius 3 is 2.24 bits per heavy atom. The largest absolute Gasteiger partial charge is 0.521 e. The first kappa shape index (κ1) is 18.3. The highest BCUT2D eigenvalue weighted by Crippen LogP contribution is 2.54. The van der Waals surface area contributed by atoms with E-state index in [1.807, 2.05) is 12.1 Å². The Kier molecular flexibility index (Phi) is 8.09. The van der Waals surface area contributed by atoms with Crippen molar-refractivity contribution in [1.29, 1.82) is 0 Å². The number of hydrogen-bond acceptors (Lipinski definition) is 6. The second-order valence-electron chi connectivity index (χ2n) is 4.25. The lowest BCUT2D eigenvalue weighted by Gasteiger charge is -2.11. The molecular formula is C13H22NO5P2+. The van der Waals surface area contributed by atoms with E-state index in [9.17, 15) is 9.13 Å². The third-order valence-electron chi connectivity index (χ3n) is 2.55. The Labute approximate surface area is 126 Å². The predicted molar refractivity (Wildman–Crippen MR) is 83.8 cm³/mol. The van der Waals surface area contributed by atoms with Crippen LogP contribution < -0.4 is 5.73 Å². The molecule has 0 aliphatic rings. The van der Waals surface area contributed by atoms with Gasteiger partial charge in [-0.3, -0.25) is 4.57 Å². The summed E-state index contributed by atoms with van der Waals surface area (Å²) in [6.07, 6.45) is 0.606. The van der Waals surface area contributed by atoms with Gasteiger partial charge in [-0.2, -0.15) is 0 Å². The Morgan fingerprint density at radius 2 is 1.71 bits per heavy atom. The minimum atomic E-state index is -3.32. The van der Waals surface area contributed by atoms with Crippen LogP contribution in [0, 0.1) is 0 Å². The SMILES string of the molecule is CCOP(=O)(C[P+](=O)OCCc1ccc(N)cc1)OCC. The van der Waals surface area contributed by atoms with Crippen LogP contribution in [0.15, 0.2) is 24.3 Å². The fraction of sp³-hybridized carbons (Fsp3) is 0.538. The molecule has 21 heavy (non-hydrogen) atoms. The summed E-state index contributed by atoms with van der Waals surface area (Å²) >= 11 is 0. The molecule has 0 heterocycles. The molecule has 0 aliphatic heterocycles. The van der Waals surface area contributed by atoms with Crippen molar-refractivity contribution in [1.82, 2.24) is 0 Å². The van der Waals surface area contributed by atoms with Gasteiger partial charge in [0, 0.05) is 12.1 Å². The molecule has 1 aromatic carbocycles. The summed E-state index contributed by atoms with van der Waals surface area (Å²) in [4.78, 5) is 0. The van der Waals surface area contributed by atoms with Crippen LogP contribution in [0.2, 0.25) is 0 Å². The van der Waals surface area contributed by atoms with Gasteiger partial charge in [-0.25, -0.2) is 0 Å². The summed E-state index contributed by atoms with van der Waals surface area (Å²) in [6.45, 7) is 4.18. The molecule has 0 aliphatic carbocycles. The average molecular weight is 334 g/mol. The second-order valence-corrected chi connectivity index (χ2v) is 8.04. The van der Waals surface area contributed by atoms with Crippen molar-refractivity contribution in [2.24, 2.45) is 0 Å². The number of nitrogen functional groups attached to an aromatic ring is 1. The molecule has 1 unspecified atom stereocenters. The van der Waals surface area contributed by atoms with Crippen molar-refractivity contribution in [2.75, 3.05) is 31.5 Å². The molecule has 6 nitrogen and oxygen atoms in total. The van der Waals surface area contributed by atoms with Gasteiger partial charge in [0.25, 0.3) is 5.90 Å². The maximum Gasteiger partial charge on any atom is 0.521 e. The van der Waals surface area contributed by atoms with Crippen molar-refractivity contribution < 1.29 is 22.7 Å². The molecule has 0 bridgehead atoms. The van der Waals surface area contributed by atoms with Gasteiger partial charge in [-0.15, -0.1) is 4.52 Å². The zero-order valence-electron chi connectivity index (χ0n) is 12.4. The zero-order chi connectivity index (χ0) is 15.7. The van der Waals surface area contributed by atoms with Gasteiger partial charge in [0.05, 0.1) is 13.2 Å². The molecule has 0 radical (unpaired) electrons. The number of nitrogens with two attached hydrogens (primary N) is 1. The van der Waals surface area contributed by atoms with Crippen LogP contribution in [0.25, 0.3) is 0 Å². The Bertz CT molecular complexity index is 482. The van der Waals surface area contributed by atoms with Crippen LogP contribution in [0.5, 0.6) is 0 Å². The van der Waals surface area contributed by atoms with Gasteiger partial charge < -0.3 is 14.8 Å². The topological polar surface area (TPSA) is 87.9 Å². The molecule has 0 saturated carbocycles. The number of hydrogen-bond donors (Lipinski definition) is 1. The third kappa shape index (κ3) is 7.16. The molecule has 0 saturated heterocycles. The van der Waals surface area contributed by atoms with Gasteiger partial charge in [0.1, 0.15) is 6.61 Å². The quantitative estimate of drug-likeness (QED) is 0.517. The highest BCUT2D eigenvalue weighted by atomic mass is 31.2. The smallest absolute Gasteiger partial charge is 0.399 e. The molecule has 1 atom stereocenters. The van der Waals surface area contributed by atoms with E-state index < -0.39 is 15.6 Å². The lowest BCUT2D eigenvalue weighted by Crippen LogP contribution is -2.00. The van der Waals surface area contributed by atoms with E-state index in [4.69, 9.17) is 19.3 Å². The van der Waals surface area contributed by atoms with E-state index >= 15 is 0 Å². The molecule has 1 aromatic rings. The van der Waals surface area contributed by atoms with E-state index in [0.717, 1.165) is 5.56 Å². The van der Waals surface area contributed by atoms with Gasteiger partial charge in [0.2, 0.25) is 0 Å². The van der Waals surface area contributed by atoms with Crippen LogP contribution in [0.3, 0.4) is 0 Å². The van der Waals surface area contributed by atoms with E-state index in [-0.39, 0.29) is 25.7 Å². The Morgan fingerprint density at radius 1 is 1.14 bits per heavy atom. The summed E-state index contributed by atoms with van der Waals surface area (Å²) in [5.41, 5.74) is 7.32. The Balaban J connectivity index is 2.39. The molecule has 0 spiro atoms. The van der Waals surface area contributed by atoms with Crippen LogP contribution in [-0.2, 0) is 29.1 Å². The standard InChI is InChI=1S/C13H22NO5P2/c1-3-18-21(16,19-4-2)11-20(15)17-10-9-12-5-7-13(14)8-6-12/h5-8H,3-4,9-11,14H2,1-2H3/q+1. The molecule has 0 fully saturated rings. The first-order valence-corrected chi connectivity index (χ1v) is 9.88. The van der Waals surface area contributed by atoms with Crippen molar-refractivity contribution in [3.05, 3.63) is 29.8 Å². The second kappa shape index (κ2) is 9.29. The third-order valence-corrected chi connectivity index (χ3v) is 6.63. The predicted octanol–water partition coefficient (Wildman–Crippen LogP) is 3.79. The molecule has 118 valence electrons. The summed E-state index contributed by atoms with van der Waals surface area (Å²) in [5.74, 6) is -0.217. The van der Waals surface area contributed by atoms with Gasteiger partial charge in [-0.05, 0) is 36.1 Å². The fourth-order valence-corrected chi connectivity index (χ4v) is 4.91. The molecular weight excluding hydrogens is 312 g/mol. The first-order chi connectivity index (χ1) is 9.99. The zero-order valence-corrected chi connectivity index (χ0v) is 14.1. The minimum absolute atomic E-state index is 0.217. The van der Waals surface area contributed by atoms with E-state index in [1.54, 1.807) is 26.0 Å². The average Bonchev–Trinajstić information content (AvgIpc) is 2.41. The number of benzene rings is 1. The normalized spacial score (nSPS) is 12.4.